The lowest BCUT2D eigenvalue weighted by Gasteiger charge is -2.25. The molecule has 0 aliphatic heterocycles. The largest absolute Gasteiger partial charge is 0.356 e. The molecule has 2 rings (SSSR count). The van der Waals surface area contributed by atoms with Gasteiger partial charge in [-0.2, -0.15) is 0 Å². The van der Waals surface area contributed by atoms with E-state index in [0.717, 1.165) is 23.7 Å². The fourth-order valence-electron chi connectivity index (χ4n) is 2.22. The standard InChI is InChI=1S/C14H22N4S/c1-5-18(7-9(2)6-15)13-12-10(3)11(4)19-14(12)17-8-16-13/h8-9H,5-7,15H2,1-4H3. The van der Waals surface area contributed by atoms with E-state index in [9.17, 15) is 0 Å². The first-order valence-electron chi connectivity index (χ1n) is 6.74. The van der Waals surface area contributed by atoms with Crippen LogP contribution in [0.15, 0.2) is 6.33 Å². The summed E-state index contributed by atoms with van der Waals surface area (Å²) in [5.74, 6) is 1.51. The lowest BCUT2D eigenvalue weighted by Crippen LogP contribution is -2.32. The fourth-order valence-corrected chi connectivity index (χ4v) is 3.21. The number of aromatic nitrogens is 2. The molecule has 0 spiro atoms. The van der Waals surface area contributed by atoms with Gasteiger partial charge in [0.05, 0.1) is 5.39 Å². The van der Waals surface area contributed by atoms with Crippen molar-refractivity contribution in [3.63, 3.8) is 0 Å². The highest BCUT2D eigenvalue weighted by molar-refractivity contribution is 7.18. The van der Waals surface area contributed by atoms with Gasteiger partial charge in [0.1, 0.15) is 17.0 Å². The molecule has 4 nitrogen and oxygen atoms in total. The van der Waals surface area contributed by atoms with Gasteiger partial charge < -0.3 is 10.6 Å². The molecule has 19 heavy (non-hydrogen) atoms. The Hall–Kier alpha value is -1.20. The molecule has 0 saturated carbocycles. The van der Waals surface area contributed by atoms with Crippen LogP contribution in [0.2, 0.25) is 0 Å². The molecule has 2 aromatic rings. The van der Waals surface area contributed by atoms with Crippen molar-refractivity contribution in [2.75, 3.05) is 24.5 Å². The lowest BCUT2D eigenvalue weighted by molar-refractivity contribution is 0.574. The number of thiophene rings is 1. The second-order valence-corrected chi connectivity index (χ2v) is 6.24. The predicted octanol–water partition coefficient (Wildman–Crippen LogP) is 2.73. The van der Waals surface area contributed by atoms with Crippen LogP contribution in [0.3, 0.4) is 0 Å². The highest BCUT2D eigenvalue weighted by atomic mass is 32.1. The molecule has 2 heterocycles. The Balaban J connectivity index is 2.48. The van der Waals surface area contributed by atoms with E-state index in [1.807, 2.05) is 0 Å². The Morgan fingerprint density at radius 3 is 2.74 bits per heavy atom. The summed E-state index contributed by atoms with van der Waals surface area (Å²) in [6.07, 6.45) is 1.67. The molecule has 0 radical (unpaired) electrons. The van der Waals surface area contributed by atoms with Crippen LogP contribution in [0.25, 0.3) is 10.2 Å². The first kappa shape index (κ1) is 14.2. The van der Waals surface area contributed by atoms with E-state index in [4.69, 9.17) is 5.73 Å². The van der Waals surface area contributed by atoms with Crippen molar-refractivity contribution >= 4 is 27.4 Å². The van der Waals surface area contributed by atoms with Crippen LogP contribution in [0.4, 0.5) is 5.82 Å². The highest BCUT2D eigenvalue weighted by Crippen LogP contribution is 2.34. The topological polar surface area (TPSA) is 55.0 Å². The summed E-state index contributed by atoms with van der Waals surface area (Å²) in [5, 5.41) is 1.20. The third-order valence-electron chi connectivity index (χ3n) is 3.56. The van der Waals surface area contributed by atoms with Crippen molar-refractivity contribution in [3.05, 3.63) is 16.8 Å². The Labute approximate surface area is 118 Å². The summed E-state index contributed by atoms with van der Waals surface area (Å²) in [6.45, 7) is 11.2. The number of nitrogens with zero attached hydrogens (tertiary/aromatic N) is 3. The van der Waals surface area contributed by atoms with Crippen molar-refractivity contribution in [2.45, 2.75) is 27.7 Å². The van der Waals surface area contributed by atoms with Crippen molar-refractivity contribution in [2.24, 2.45) is 11.7 Å². The van der Waals surface area contributed by atoms with E-state index < -0.39 is 0 Å². The SMILES string of the molecule is CCN(CC(C)CN)c1ncnc2sc(C)c(C)c12. The van der Waals surface area contributed by atoms with Crippen LogP contribution in [-0.4, -0.2) is 29.6 Å². The number of aryl methyl sites for hydroxylation is 2. The van der Waals surface area contributed by atoms with Gasteiger partial charge in [0.2, 0.25) is 0 Å². The molecule has 2 aromatic heterocycles. The smallest absolute Gasteiger partial charge is 0.141 e. The van der Waals surface area contributed by atoms with Crippen molar-refractivity contribution in [1.82, 2.24) is 9.97 Å². The minimum absolute atomic E-state index is 0.463. The van der Waals surface area contributed by atoms with Crippen LogP contribution >= 0.6 is 11.3 Å². The Morgan fingerprint density at radius 1 is 1.37 bits per heavy atom. The molecular weight excluding hydrogens is 256 g/mol. The number of hydrogen-bond acceptors (Lipinski definition) is 5. The van der Waals surface area contributed by atoms with Crippen molar-refractivity contribution in [3.8, 4) is 0 Å². The molecule has 0 saturated heterocycles. The van der Waals surface area contributed by atoms with Gasteiger partial charge in [0.25, 0.3) is 0 Å². The number of rotatable bonds is 5. The van der Waals surface area contributed by atoms with Gasteiger partial charge in [-0.15, -0.1) is 11.3 Å². The Kier molecular flexibility index (Phi) is 4.37. The average molecular weight is 278 g/mol. The van der Waals surface area contributed by atoms with E-state index >= 15 is 0 Å². The molecular formula is C14H22N4S. The molecule has 2 N–H and O–H groups in total. The maximum Gasteiger partial charge on any atom is 0.141 e. The molecule has 5 heteroatoms. The fraction of sp³-hybridized carbons (Fsp3) is 0.571. The zero-order valence-electron chi connectivity index (χ0n) is 12.1. The average Bonchev–Trinajstić information content (AvgIpc) is 2.71. The summed E-state index contributed by atoms with van der Waals surface area (Å²) in [7, 11) is 0. The van der Waals surface area contributed by atoms with Gasteiger partial charge in [-0.05, 0) is 38.8 Å². The van der Waals surface area contributed by atoms with Crippen molar-refractivity contribution < 1.29 is 0 Å². The third kappa shape index (κ3) is 2.72. The van der Waals surface area contributed by atoms with Gasteiger partial charge in [0, 0.05) is 18.0 Å². The minimum Gasteiger partial charge on any atom is -0.356 e. The Morgan fingerprint density at radius 2 is 2.11 bits per heavy atom. The molecule has 0 fully saturated rings. The Bertz CT molecular complexity index is 564. The number of hydrogen-bond donors (Lipinski definition) is 1. The molecule has 0 aliphatic carbocycles. The molecule has 1 unspecified atom stereocenters. The zero-order chi connectivity index (χ0) is 14.0. The van der Waals surface area contributed by atoms with Crippen LogP contribution in [0, 0.1) is 19.8 Å². The van der Waals surface area contributed by atoms with Gasteiger partial charge in [0.15, 0.2) is 0 Å². The van der Waals surface area contributed by atoms with E-state index in [0.29, 0.717) is 12.5 Å². The van der Waals surface area contributed by atoms with Gasteiger partial charge in [-0.25, -0.2) is 9.97 Å². The highest BCUT2D eigenvalue weighted by Gasteiger charge is 2.17. The van der Waals surface area contributed by atoms with E-state index in [1.54, 1.807) is 17.7 Å². The van der Waals surface area contributed by atoms with Crippen LogP contribution in [0.5, 0.6) is 0 Å². The van der Waals surface area contributed by atoms with E-state index in [2.05, 4.69) is 42.6 Å². The summed E-state index contributed by atoms with van der Waals surface area (Å²) >= 11 is 1.74. The summed E-state index contributed by atoms with van der Waals surface area (Å²) in [4.78, 5) is 13.6. The second-order valence-electron chi connectivity index (χ2n) is 5.04. The summed E-state index contributed by atoms with van der Waals surface area (Å²) in [6, 6.07) is 0. The van der Waals surface area contributed by atoms with Crippen LogP contribution < -0.4 is 10.6 Å². The summed E-state index contributed by atoms with van der Waals surface area (Å²) < 4.78 is 0. The normalized spacial score (nSPS) is 12.9. The summed E-state index contributed by atoms with van der Waals surface area (Å²) in [5.41, 5.74) is 7.04. The predicted molar refractivity (Wildman–Crippen MR) is 83.0 cm³/mol. The molecule has 104 valence electrons. The number of anilines is 1. The quantitative estimate of drug-likeness (QED) is 0.913. The maximum atomic E-state index is 5.74. The molecule has 0 aromatic carbocycles. The second kappa shape index (κ2) is 5.84. The first-order valence-corrected chi connectivity index (χ1v) is 7.55. The van der Waals surface area contributed by atoms with Crippen molar-refractivity contribution in [1.29, 1.82) is 0 Å². The minimum atomic E-state index is 0.463. The lowest BCUT2D eigenvalue weighted by atomic mass is 10.1. The van der Waals surface area contributed by atoms with Crippen LogP contribution in [0.1, 0.15) is 24.3 Å². The molecule has 0 bridgehead atoms. The molecule has 0 amide bonds. The maximum absolute atomic E-state index is 5.74. The first-order chi connectivity index (χ1) is 9.08. The van der Waals surface area contributed by atoms with Gasteiger partial charge in [-0.3, -0.25) is 0 Å². The molecule has 1 atom stereocenters. The third-order valence-corrected chi connectivity index (χ3v) is 4.68. The molecule has 0 aliphatic rings. The number of nitrogens with two attached hydrogens (primary N) is 1. The van der Waals surface area contributed by atoms with E-state index in [-0.39, 0.29) is 0 Å². The monoisotopic (exact) mass is 278 g/mol. The number of fused-ring (bicyclic) bond motifs is 1. The van der Waals surface area contributed by atoms with E-state index in [1.165, 1.54) is 15.8 Å². The van der Waals surface area contributed by atoms with Gasteiger partial charge in [-0.1, -0.05) is 6.92 Å². The zero-order valence-corrected chi connectivity index (χ0v) is 12.9. The van der Waals surface area contributed by atoms with Crippen LogP contribution in [-0.2, 0) is 0 Å². The van der Waals surface area contributed by atoms with Gasteiger partial charge >= 0.3 is 0 Å².